The molecule has 1 aromatic carbocycles. The van der Waals surface area contributed by atoms with Crippen molar-refractivity contribution in [3.63, 3.8) is 0 Å². The summed E-state index contributed by atoms with van der Waals surface area (Å²) < 4.78 is 18.7. The Labute approximate surface area is 125 Å². The first-order valence-electron chi connectivity index (χ1n) is 7.70. The zero-order valence-corrected chi connectivity index (χ0v) is 12.5. The molecule has 0 amide bonds. The van der Waals surface area contributed by atoms with Gasteiger partial charge < -0.3 is 9.73 Å². The van der Waals surface area contributed by atoms with Crippen molar-refractivity contribution < 1.29 is 8.81 Å². The molecule has 0 aliphatic heterocycles. The average molecular weight is 287 g/mol. The van der Waals surface area contributed by atoms with E-state index in [4.69, 9.17) is 4.42 Å². The van der Waals surface area contributed by atoms with Crippen molar-refractivity contribution >= 4 is 0 Å². The van der Waals surface area contributed by atoms with E-state index in [0.29, 0.717) is 5.41 Å². The second kappa shape index (κ2) is 6.02. The molecule has 3 rings (SSSR count). The first-order chi connectivity index (χ1) is 10.1. The van der Waals surface area contributed by atoms with Crippen LogP contribution in [0.3, 0.4) is 0 Å². The topological polar surface area (TPSA) is 25.2 Å². The largest absolute Gasteiger partial charge is 0.460 e. The van der Waals surface area contributed by atoms with Gasteiger partial charge in [0, 0.05) is 12.1 Å². The number of rotatable bonds is 5. The van der Waals surface area contributed by atoms with Crippen molar-refractivity contribution in [1.29, 1.82) is 0 Å². The average Bonchev–Trinajstić information content (AvgIpc) is 3.10. The molecule has 1 heterocycles. The number of hydrogen-bond acceptors (Lipinski definition) is 2. The number of halogens is 1. The summed E-state index contributed by atoms with van der Waals surface area (Å²) in [4.78, 5) is 0. The summed E-state index contributed by atoms with van der Waals surface area (Å²) in [6.45, 7) is 4.15. The van der Waals surface area contributed by atoms with Gasteiger partial charge in [0.1, 0.15) is 17.3 Å². The summed E-state index contributed by atoms with van der Waals surface area (Å²) in [5, 5.41) is 3.50. The molecule has 2 aromatic rings. The van der Waals surface area contributed by atoms with Crippen molar-refractivity contribution in [2.75, 3.05) is 6.54 Å². The van der Waals surface area contributed by atoms with Crippen molar-refractivity contribution in [2.45, 2.75) is 39.2 Å². The standard InChI is InChI=1S/C18H22FNO/c1-18(10-2-3-11-18)13-20-12-16-8-9-17(21-16)14-4-6-15(19)7-5-14/h4-9,20H,2-3,10-13H2,1H3. The van der Waals surface area contributed by atoms with Gasteiger partial charge in [0.25, 0.3) is 0 Å². The van der Waals surface area contributed by atoms with Gasteiger partial charge in [-0.15, -0.1) is 0 Å². The van der Waals surface area contributed by atoms with Gasteiger partial charge in [-0.05, 0) is 54.7 Å². The molecule has 0 atom stereocenters. The van der Waals surface area contributed by atoms with Gasteiger partial charge in [0.2, 0.25) is 0 Å². The van der Waals surface area contributed by atoms with Crippen LogP contribution in [0.1, 0.15) is 38.4 Å². The molecule has 0 bridgehead atoms. The normalized spacial score (nSPS) is 17.2. The smallest absolute Gasteiger partial charge is 0.134 e. The van der Waals surface area contributed by atoms with Crippen molar-refractivity contribution in [3.8, 4) is 11.3 Å². The van der Waals surface area contributed by atoms with Crippen LogP contribution in [0.2, 0.25) is 0 Å². The first-order valence-corrected chi connectivity index (χ1v) is 7.70. The van der Waals surface area contributed by atoms with Crippen LogP contribution in [0, 0.1) is 11.2 Å². The van der Waals surface area contributed by atoms with Gasteiger partial charge in [0.15, 0.2) is 0 Å². The summed E-state index contributed by atoms with van der Waals surface area (Å²) in [6.07, 6.45) is 5.35. The van der Waals surface area contributed by atoms with E-state index in [1.54, 1.807) is 12.1 Å². The van der Waals surface area contributed by atoms with Crippen LogP contribution in [-0.2, 0) is 6.54 Å². The maximum Gasteiger partial charge on any atom is 0.134 e. The van der Waals surface area contributed by atoms with E-state index in [1.807, 2.05) is 12.1 Å². The second-order valence-electron chi connectivity index (χ2n) is 6.39. The quantitative estimate of drug-likeness (QED) is 0.858. The molecule has 0 radical (unpaired) electrons. The van der Waals surface area contributed by atoms with Crippen molar-refractivity contribution in [2.24, 2.45) is 5.41 Å². The minimum atomic E-state index is -0.225. The Morgan fingerprint density at radius 1 is 1.10 bits per heavy atom. The highest BCUT2D eigenvalue weighted by atomic mass is 19.1. The van der Waals surface area contributed by atoms with Gasteiger partial charge in [-0.25, -0.2) is 4.39 Å². The fourth-order valence-corrected chi connectivity index (χ4v) is 3.14. The van der Waals surface area contributed by atoms with Crippen LogP contribution in [0.25, 0.3) is 11.3 Å². The highest BCUT2D eigenvalue weighted by molar-refractivity contribution is 5.57. The second-order valence-corrected chi connectivity index (χ2v) is 6.39. The van der Waals surface area contributed by atoms with Gasteiger partial charge in [-0.3, -0.25) is 0 Å². The lowest BCUT2D eigenvalue weighted by molar-refractivity contribution is 0.309. The van der Waals surface area contributed by atoms with Gasteiger partial charge >= 0.3 is 0 Å². The Bertz CT molecular complexity index is 582. The summed E-state index contributed by atoms with van der Waals surface area (Å²) in [5.74, 6) is 1.49. The predicted molar refractivity (Wildman–Crippen MR) is 82.4 cm³/mol. The van der Waals surface area contributed by atoms with Gasteiger partial charge in [0.05, 0.1) is 6.54 Å². The maximum absolute atomic E-state index is 12.9. The lowest BCUT2D eigenvalue weighted by atomic mass is 9.89. The van der Waals surface area contributed by atoms with E-state index in [-0.39, 0.29) is 5.82 Å². The van der Waals surface area contributed by atoms with Crippen LogP contribution in [0.15, 0.2) is 40.8 Å². The molecular weight excluding hydrogens is 265 g/mol. The Morgan fingerprint density at radius 3 is 2.52 bits per heavy atom. The van der Waals surface area contributed by atoms with Crippen LogP contribution < -0.4 is 5.32 Å². The third kappa shape index (κ3) is 3.53. The molecule has 1 saturated carbocycles. The van der Waals surface area contributed by atoms with Crippen LogP contribution in [-0.4, -0.2) is 6.54 Å². The van der Waals surface area contributed by atoms with Crippen molar-refractivity contribution in [1.82, 2.24) is 5.32 Å². The molecule has 1 aromatic heterocycles. The Hall–Kier alpha value is -1.61. The molecule has 1 fully saturated rings. The SMILES string of the molecule is CC1(CNCc2ccc(-c3ccc(F)cc3)o2)CCCC1. The minimum absolute atomic E-state index is 0.225. The number of furan rings is 1. The molecule has 3 heteroatoms. The lowest BCUT2D eigenvalue weighted by Crippen LogP contribution is -2.28. The Morgan fingerprint density at radius 2 is 1.81 bits per heavy atom. The third-order valence-corrected chi connectivity index (χ3v) is 4.45. The van der Waals surface area contributed by atoms with Crippen molar-refractivity contribution in [3.05, 3.63) is 48.0 Å². The van der Waals surface area contributed by atoms with E-state index in [9.17, 15) is 4.39 Å². The summed E-state index contributed by atoms with van der Waals surface area (Å²) in [5.41, 5.74) is 1.36. The van der Waals surface area contributed by atoms with E-state index in [2.05, 4.69) is 12.2 Å². The van der Waals surface area contributed by atoms with Gasteiger partial charge in [-0.1, -0.05) is 19.8 Å². The molecular formula is C18H22FNO. The summed E-state index contributed by atoms with van der Waals surface area (Å²) >= 11 is 0. The fraction of sp³-hybridized carbons (Fsp3) is 0.444. The lowest BCUT2D eigenvalue weighted by Gasteiger charge is -2.23. The minimum Gasteiger partial charge on any atom is -0.460 e. The van der Waals surface area contributed by atoms with Gasteiger partial charge in [-0.2, -0.15) is 0 Å². The zero-order valence-electron chi connectivity index (χ0n) is 12.5. The third-order valence-electron chi connectivity index (χ3n) is 4.45. The molecule has 21 heavy (non-hydrogen) atoms. The van der Waals surface area contributed by atoms with Crippen LogP contribution in [0.5, 0.6) is 0 Å². The van der Waals surface area contributed by atoms with E-state index >= 15 is 0 Å². The van der Waals surface area contributed by atoms with E-state index < -0.39 is 0 Å². The molecule has 1 aliphatic rings. The predicted octanol–water partition coefficient (Wildman–Crippen LogP) is 4.76. The maximum atomic E-state index is 12.9. The molecule has 0 spiro atoms. The molecule has 0 saturated heterocycles. The fourth-order valence-electron chi connectivity index (χ4n) is 3.14. The van der Waals surface area contributed by atoms with E-state index in [1.165, 1.54) is 37.8 Å². The molecule has 0 unspecified atom stereocenters. The monoisotopic (exact) mass is 287 g/mol. The highest BCUT2D eigenvalue weighted by Gasteiger charge is 2.27. The summed E-state index contributed by atoms with van der Waals surface area (Å²) in [7, 11) is 0. The van der Waals surface area contributed by atoms with Crippen LogP contribution in [0.4, 0.5) is 4.39 Å². The molecule has 2 nitrogen and oxygen atoms in total. The Kier molecular flexibility index (Phi) is 4.11. The number of nitrogens with one attached hydrogen (secondary N) is 1. The zero-order chi connectivity index (χ0) is 14.7. The van der Waals surface area contributed by atoms with Crippen LogP contribution >= 0.6 is 0 Å². The number of benzene rings is 1. The molecule has 1 N–H and O–H groups in total. The van der Waals surface area contributed by atoms with E-state index in [0.717, 1.165) is 30.2 Å². The first kappa shape index (κ1) is 14.3. The highest BCUT2D eigenvalue weighted by Crippen LogP contribution is 2.36. The molecule has 1 aliphatic carbocycles. The number of hydrogen-bond donors (Lipinski definition) is 1. The Balaban J connectivity index is 1.56. The molecule has 112 valence electrons. The summed E-state index contributed by atoms with van der Waals surface area (Å²) in [6, 6.07) is 10.3.